The van der Waals surface area contributed by atoms with Crippen molar-refractivity contribution >= 4 is 45.9 Å². The first-order valence-corrected chi connectivity index (χ1v) is 10.7. The van der Waals surface area contributed by atoms with E-state index in [0.717, 1.165) is 12.8 Å². The molecule has 0 heterocycles. The molecule has 0 atom stereocenters. The van der Waals surface area contributed by atoms with Crippen molar-refractivity contribution in [2.75, 3.05) is 0 Å². The fourth-order valence-corrected chi connectivity index (χ4v) is 2.35. The Labute approximate surface area is 181 Å². The SMILES string of the molecule is CCCCCCCC/C=C\CCCCCCCC(=O)O.O=S(=O)(O)O.[NaH]. The Bertz CT molecular complexity index is 415. The van der Waals surface area contributed by atoms with Crippen LogP contribution in [0.1, 0.15) is 96.8 Å². The van der Waals surface area contributed by atoms with Crippen LogP contribution in [0, 0.1) is 0 Å². The molecule has 0 aromatic rings. The summed E-state index contributed by atoms with van der Waals surface area (Å²) in [6, 6.07) is 0. The summed E-state index contributed by atoms with van der Waals surface area (Å²) in [5.74, 6) is -0.664. The Morgan fingerprint density at radius 2 is 1.12 bits per heavy atom. The number of aliphatic carboxylic acids is 1. The van der Waals surface area contributed by atoms with Crippen molar-refractivity contribution in [3.8, 4) is 0 Å². The van der Waals surface area contributed by atoms with Gasteiger partial charge in [0.25, 0.3) is 0 Å². The Hall–Kier alpha value is 0.0800. The Kier molecular flexibility index (Phi) is 27.4. The van der Waals surface area contributed by atoms with Crippen molar-refractivity contribution in [3.05, 3.63) is 12.2 Å². The monoisotopic (exact) mass is 404 g/mol. The first kappa shape index (κ1) is 30.8. The fraction of sp³-hybridized carbons (Fsp3) is 0.833. The molecule has 3 N–H and O–H groups in total. The van der Waals surface area contributed by atoms with Gasteiger partial charge in [0, 0.05) is 6.42 Å². The van der Waals surface area contributed by atoms with Crippen molar-refractivity contribution in [2.24, 2.45) is 0 Å². The second-order valence-electron chi connectivity index (χ2n) is 6.18. The van der Waals surface area contributed by atoms with E-state index in [0.29, 0.717) is 6.42 Å². The molecular formula is C18H37NaO6S. The predicted octanol–water partition coefficient (Wildman–Crippen LogP) is 4.81. The van der Waals surface area contributed by atoms with Gasteiger partial charge in [-0.05, 0) is 32.1 Å². The molecule has 0 unspecified atom stereocenters. The van der Waals surface area contributed by atoms with Crippen LogP contribution in [0.4, 0.5) is 0 Å². The molecule has 0 spiro atoms. The van der Waals surface area contributed by atoms with E-state index in [1.54, 1.807) is 0 Å². The number of hydrogen-bond acceptors (Lipinski definition) is 3. The third-order valence-electron chi connectivity index (χ3n) is 3.65. The molecule has 0 radical (unpaired) electrons. The third kappa shape index (κ3) is 44.0. The molecule has 0 aliphatic carbocycles. The number of hydrogen-bond donors (Lipinski definition) is 3. The van der Waals surface area contributed by atoms with E-state index in [1.807, 2.05) is 0 Å². The van der Waals surface area contributed by atoms with Crippen LogP contribution >= 0.6 is 0 Å². The third-order valence-corrected chi connectivity index (χ3v) is 3.65. The molecule has 0 aliphatic rings. The van der Waals surface area contributed by atoms with Crippen LogP contribution in [0.15, 0.2) is 12.2 Å². The van der Waals surface area contributed by atoms with Crippen molar-refractivity contribution in [3.63, 3.8) is 0 Å². The number of allylic oxidation sites excluding steroid dienone is 2. The molecular weight excluding hydrogens is 367 g/mol. The summed E-state index contributed by atoms with van der Waals surface area (Å²) < 4.78 is 31.6. The summed E-state index contributed by atoms with van der Waals surface area (Å²) in [5.41, 5.74) is 0. The molecule has 6 nitrogen and oxygen atoms in total. The van der Waals surface area contributed by atoms with Crippen LogP contribution in [0.25, 0.3) is 0 Å². The van der Waals surface area contributed by atoms with Gasteiger partial charge in [0.15, 0.2) is 0 Å². The summed E-state index contributed by atoms with van der Waals surface area (Å²) in [4.78, 5) is 10.3. The van der Waals surface area contributed by atoms with Gasteiger partial charge in [-0.3, -0.25) is 13.9 Å². The first-order chi connectivity index (χ1) is 11.8. The van der Waals surface area contributed by atoms with E-state index < -0.39 is 16.4 Å². The number of rotatable bonds is 15. The van der Waals surface area contributed by atoms with Gasteiger partial charge in [0.2, 0.25) is 0 Å². The van der Waals surface area contributed by atoms with E-state index in [9.17, 15) is 4.79 Å². The number of carboxylic acid groups (broad SMARTS) is 1. The van der Waals surface area contributed by atoms with Crippen molar-refractivity contribution < 1.29 is 27.4 Å². The second kappa shape index (κ2) is 23.1. The van der Waals surface area contributed by atoms with Crippen molar-refractivity contribution in [2.45, 2.75) is 96.8 Å². The van der Waals surface area contributed by atoms with E-state index in [1.165, 1.54) is 70.6 Å². The van der Waals surface area contributed by atoms with Crippen LogP contribution in [-0.2, 0) is 15.2 Å². The van der Waals surface area contributed by atoms with Gasteiger partial charge in [0.1, 0.15) is 0 Å². The maximum absolute atomic E-state index is 10.3. The zero-order valence-electron chi connectivity index (χ0n) is 15.5. The molecule has 0 rings (SSSR count). The number of carbonyl (C=O) groups is 1. The van der Waals surface area contributed by atoms with Crippen molar-refractivity contribution in [1.29, 1.82) is 0 Å². The molecule has 0 bridgehead atoms. The summed E-state index contributed by atoms with van der Waals surface area (Å²) in [6.07, 6.45) is 21.2. The predicted molar refractivity (Wildman–Crippen MR) is 108 cm³/mol. The van der Waals surface area contributed by atoms with Gasteiger partial charge in [-0.25, -0.2) is 0 Å². The molecule has 0 saturated carbocycles. The molecule has 8 heteroatoms. The number of carboxylic acids is 1. The van der Waals surface area contributed by atoms with Crippen LogP contribution in [0.5, 0.6) is 0 Å². The maximum atomic E-state index is 10.3. The zero-order valence-corrected chi connectivity index (χ0v) is 16.3. The average Bonchev–Trinajstić information content (AvgIpc) is 2.49. The summed E-state index contributed by atoms with van der Waals surface area (Å²) in [6.45, 7) is 2.26. The Balaban J connectivity index is -0.000000772. The van der Waals surface area contributed by atoms with E-state index >= 15 is 0 Å². The van der Waals surface area contributed by atoms with Gasteiger partial charge >= 0.3 is 45.9 Å². The molecule has 0 saturated heterocycles. The van der Waals surface area contributed by atoms with E-state index in [-0.39, 0.29) is 29.6 Å². The molecule has 26 heavy (non-hydrogen) atoms. The summed E-state index contributed by atoms with van der Waals surface area (Å²) in [5, 5.41) is 8.51. The normalized spacial score (nSPS) is 10.9. The molecule has 0 aliphatic heterocycles. The van der Waals surface area contributed by atoms with Crippen molar-refractivity contribution in [1.82, 2.24) is 0 Å². The Morgan fingerprint density at radius 1 is 0.769 bits per heavy atom. The summed E-state index contributed by atoms with van der Waals surface area (Å²) in [7, 11) is -4.67. The van der Waals surface area contributed by atoms with Gasteiger partial charge in [-0.1, -0.05) is 70.4 Å². The number of unbranched alkanes of at least 4 members (excludes halogenated alkanes) is 11. The van der Waals surface area contributed by atoms with Crippen LogP contribution in [0.2, 0.25) is 0 Å². The molecule has 0 aromatic heterocycles. The van der Waals surface area contributed by atoms with Gasteiger partial charge < -0.3 is 5.11 Å². The quantitative estimate of drug-likeness (QED) is 0.156. The zero-order chi connectivity index (χ0) is 19.4. The minimum absolute atomic E-state index is 0. The van der Waals surface area contributed by atoms with Gasteiger partial charge in [0.05, 0.1) is 0 Å². The molecule has 0 fully saturated rings. The second-order valence-corrected chi connectivity index (χ2v) is 7.07. The molecule has 152 valence electrons. The van der Waals surface area contributed by atoms with Crippen LogP contribution in [-0.4, -0.2) is 58.2 Å². The van der Waals surface area contributed by atoms with Gasteiger partial charge in [-0.2, -0.15) is 8.42 Å². The van der Waals surface area contributed by atoms with E-state index in [2.05, 4.69) is 19.1 Å². The minimum atomic E-state index is -4.67. The van der Waals surface area contributed by atoms with E-state index in [4.69, 9.17) is 22.6 Å². The molecule has 0 aromatic carbocycles. The molecule has 0 amide bonds. The summed E-state index contributed by atoms with van der Waals surface area (Å²) >= 11 is 0. The van der Waals surface area contributed by atoms with Crippen LogP contribution in [0.3, 0.4) is 0 Å². The van der Waals surface area contributed by atoms with Gasteiger partial charge in [-0.15, -0.1) is 0 Å². The first-order valence-electron chi connectivity index (χ1n) is 9.34. The van der Waals surface area contributed by atoms with Crippen LogP contribution < -0.4 is 0 Å². The Morgan fingerprint density at radius 3 is 1.50 bits per heavy atom. The standard InChI is InChI=1S/C18H34O2.Na.H2O4S.H/c1-2-3-4-5-6-7-8-9-10-11-12-13-14-15-16-17-18(19)20;;1-5(2,3)4;/h9-10H,2-8,11-17H2,1H3,(H,19,20);;(H2,1,2,3,4);/b10-9-;;;. The average molecular weight is 405 g/mol. The topological polar surface area (TPSA) is 112 Å². The fourth-order valence-electron chi connectivity index (χ4n) is 2.35.